The minimum absolute atomic E-state index is 0.0860. The van der Waals surface area contributed by atoms with Gasteiger partial charge in [0.1, 0.15) is 12.1 Å². The van der Waals surface area contributed by atoms with E-state index in [9.17, 15) is 18.0 Å². The molecule has 0 saturated carbocycles. The van der Waals surface area contributed by atoms with Crippen LogP contribution < -0.4 is 9.64 Å². The summed E-state index contributed by atoms with van der Waals surface area (Å²) in [7, 11) is 1.59. The molecule has 0 bridgehead atoms. The van der Waals surface area contributed by atoms with Gasteiger partial charge in [0.2, 0.25) is 11.6 Å². The molecule has 1 N–H and O–H groups in total. The lowest BCUT2D eigenvalue weighted by molar-refractivity contribution is -0.192. The van der Waals surface area contributed by atoms with Crippen molar-refractivity contribution < 1.29 is 37.1 Å². The molecular formula is C17H18F3N5O5. The SMILES string of the molecule is COc1cc(N2CC[C@@H]3[C@@H]2CCN3C(=O)c2ccno2)ncn1.O=C(O)C(F)(F)F. The first-order valence-electron chi connectivity index (χ1n) is 8.86. The molecule has 2 atom stereocenters. The van der Waals surface area contributed by atoms with Crippen LogP contribution in [0.15, 0.2) is 29.2 Å². The predicted octanol–water partition coefficient (Wildman–Crippen LogP) is 1.60. The van der Waals surface area contributed by atoms with Crippen LogP contribution in [0.3, 0.4) is 0 Å². The average Bonchev–Trinajstić information content (AvgIpc) is 3.44. The van der Waals surface area contributed by atoms with Gasteiger partial charge in [0.15, 0.2) is 0 Å². The first kappa shape index (κ1) is 21.3. The number of hydrogen-bond donors (Lipinski definition) is 1. The Morgan fingerprint density at radius 2 is 1.93 bits per heavy atom. The highest BCUT2D eigenvalue weighted by Crippen LogP contribution is 2.35. The Hall–Kier alpha value is -3.38. The molecule has 2 aliphatic heterocycles. The number of aliphatic carboxylic acids is 1. The third kappa shape index (κ3) is 4.44. The van der Waals surface area contributed by atoms with Gasteiger partial charge in [0, 0.05) is 25.2 Å². The standard InChI is InChI=1S/C15H17N5O3.C2HF3O2/c1-22-14-8-13(16-9-17-14)19-6-3-11-10(19)4-7-20(11)15(21)12-2-5-18-23-12;3-2(4,5)1(6)7/h2,5,8-11H,3-4,6-7H2,1H3;(H,6,7)/t10-,11+;/m0./s1. The molecule has 2 fully saturated rings. The maximum atomic E-state index is 12.5. The van der Waals surface area contributed by atoms with Gasteiger partial charge in [-0.25, -0.2) is 14.8 Å². The summed E-state index contributed by atoms with van der Waals surface area (Å²) in [5.41, 5.74) is 0. The largest absolute Gasteiger partial charge is 0.490 e. The Labute approximate surface area is 168 Å². The van der Waals surface area contributed by atoms with E-state index in [0.717, 1.165) is 25.2 Å². The molecule has 2 saturated heterocycles. The quantitative estimate of drug-likeness (QED) is 0.775. The summed E-state index contributed by atoms with van der Waals surface area (Å²) in [5.74, 6) is -1.15. The van der Waals surface area contributed by atoms with Gasteiger partial charge in [0.05, 0.1) is 25.4 Å². The summed E-state index contributed by atoms with van der Waals surface area (Å²) in [4.78, 5) is 33.9. The van der Waals surface area contributed by atoms with Crippen molar-refractivity contribution in [2.45, 2.75) is 31.1 Å². The average molecular weight is 429 g/mol. The number of aromatic nitrogens is 3. The highest BCUT2D eigenvalue weighted by Gasteiger charge is 2.45. The van der Waals surface area contributed by atoms with E-state index in [0.29, 0.717) is 18.2 Å². The van der Waals surface area contributed by atoms with Crippen LogP contribution in [0.1, 0.15) is 23.4 Å². The van der Waals surface area contributed by atoms with E-state index in [1.807, 2.05) is 11.0 Å². The summed E-state index contributed by atoms with van der Waals surface area (Å²) in [6, 6.07) is 3.89. The number of nitrogens with zero attached hydrogens (tertiary/aromatic N) is 5. The molecule has 1 amide bonds. The highest BCUT2D eigenvalue weighted by atomic mass is 19.4. The van der Waals surface area contributed by atoms with E-state index in [2.05, 4.69) is 20.0 Å². The number of carbonyl (C=O) groups is 2. The number of likely N-dealkylation sites (tertiary alicyclic amines) is 1. The first-order chi connectivity index (χ1) is 14.2. The van der Waals surface area contributed by atoms with Gasteiger partial charge in [-0.05, 0) is 12.8 Å². The number of alkyl halides is 3. The second-order valence-electron chi connectivity index (χ2n) is 6.50. The fraction of sp³-hybridized carbons (Fsp3) is 0.471. The fourth-order valence-electron chi connectivity index (χ4n) is 3.59. The third-order valence-corrected chi connectivity index (χ3v) is 4.86. The lowest BCUT2D eigenvalue weighted by Gasteiger charge is -2.25. The Kier molecular flexibility index (Phi) is 6.08. The Morgan fingerprint density at radius 1 is 1.23 bits per heavy atom. The van der Waals surface area contributed by atoms with Crippen molar-refractivity contribution in [1.29, 1.82) is 0 Å². The summed E-state index contributed by atoms with van der Waals surface area (Å²) >= 11 is 0. The minimum Gasteiger partial charge on any atom is -0.481 e. The number of carboxylic acids is 1. The molecular weight excluding hydrogens is 411 g/mol. The number of carbonyl (C=O) groups excluding carboxylic acids is 1. The molecule has 30 heavy (non-hydrogen) atoms. The molecule has 13 heteroatoms. The lowest BCUT2D eigenvalue weighted by atomic mass is 10.1. The summed E-state index contributed by atoms with van der Waals surface area (Å²) in [5, 5.41) is 10.7. The van der Waals surface area contributed by atoms with Crippen LogP contribution in [0.2, 0.25) is 0 Å². The number of fused-ring (bicyclic) bond motifs is 1. The lowest BCUT2D eigenvalue weighted by Crippen LogP contribution is -2.39. The maximum absolute atomic E-state index is 12.5. The molecule has 10 nitrogen and oxygen atoms in total. The van der Waals surface area contributed by atoms with Crippen LogP contribution in [-0.2, 0) is 4.79 Å². The van der Waals surface area contributed by atoms with Crippen molar-refractivity contribution in [3.8, 4) is 5.88 Å². The van der Waals surface area contributed by atoms with Gasteiger partial charge in [0.25, 0.3) is 5.91 Å². The van der Waals surface area contributed by atoms with E-state index < -0.39 is 12.1 Å². The van der Waals surface area contributed by atoms with Crippen molar-refractivity contribution >= 4 is 17.7 Å². The van der Waals surface area contributed by atoms with Crippen molar-refractivity contribution in [1.82, 2.24) is 20.0 Å². The molecule has 0 aromatic carbocycles. The summed E-state index contributed by atoms with van der Waals surface area (Å²) in [6.45, 7) is 1.57. The molecule has 4 heterocycles. The highest BCUT2D eigenvalue weighted by molar-refractivity contribution is 5.92. The van der Waals surface area contributed by atoms with Crippen LogP contribution in [0.5, 0.6) is 5.88 Å². The number of rotatable bonds is 3. The van der Waals surface area contributed by atoms with Gasteiger partial charge in [-0.3, -0.25) is 4.79 Å². The number of halogens is 3. The van der Waals surface area contributed by atoms with Crippen LogP contribution in [-0.4, -0.2) is 75.5 Å². The normalized spacial score (nSPS) is 20.4. The van der Waals surface area contributed by atoms with Crippen LogP contribution in [0, 0.1) is 0 Å². The molecule has 4 rings (SSSR count). The molecule has 0 aliphatic carbocycles. The summed E-state index contributed by atoms with van der Waals surface area (Å²) in [6.07, 6.45) is -0.253. The van der Waals surface area contributed by atoms with Crippen molar-refractivity contribution in [3.05, 3.63) is 30.4 Å². The van der Waals surface area contributed by atoms with Crippen LogP contribution >= 0.6 is 0 Å². The maximum Gasteiger partial charge on any atom is 0.490 e. The Bertz CT molecular complexity index is 892. The van der Waals surface area contributed by atoms with E-state index in [4.69, 9.17) is 19.2 Å². The van der Waals surface area contributed by atoms with Crippen LogP contribution in [0.4, 0.5) is 19.0 Å². The summed E-state index contributed by atoms with van der Waals surface area (Å²) < 4.78 is 41.9. The molecule has 2 aromatic heterocycles. The third-order valence-electron chi connectivity index (χ3n) is 4.86. The van der Waals surface area contributed by atoms with Crippen LogP contribution in [0.25, 0.3) is 0 Å². The molecule has 0 radical (unpaired) electrons. The minimum atomic E-state index is -5.08. The number of hydrogen-bond acceptors (Lipinski definition) is 8. The number of carboxylic acid groups (broad SMARTS) is 1. The van der Waals surface area contributed by atoms with Crippen molar-refractivity contribution in [2.24, 2.45) is 0 Å². The van der Waals surface area contributed by atoms with Crippen molar-refractivity contribution in [2.75, 3.05) is 25.1 Å². The van der Waals surface area contributed by atoms with Gasteiger partial charge in [-0.15, -0.1) is 0 Å². The zero-order valence-corrected chi connectivity index (χ0v) is 15.7. The fourth-order valence-corrected chi connectivity index (χ4v) is 3.59. The van der Waals surface area contributed by atoms with Gasteiger partial charge >= 0.3 is 12.1 Å². The first-order valence-corrected chi connectivity index (χ1v) is 8.86. The van der Waals surface area contributed by atoms with E-state index >= 15 is 0 Å². The molecule has 162 valence electrons. The zero-order valence-electron chi connectivity index (χ0n) is 15.7. The monoisotopic (exact) mass is 429 g/mol. The Morgan fingerprint density at radius 3 is 2.53 bits per heavy atom. The predicted molar refractivity (Wildman–Crippen MR) is 94.0 cm³/mol. The second kappa shape index (κ2) is 8.55. The Balaban J connectivity index is 0.000000318. The van der Waals surface area contributed by atoms with Gasteiger partial charge in [-0.1, -0.05) is 5.16 Å². The van der Waals surface area contributed by atoms with Crippen molar-refractivity contribution in [3.63, 3.8) is 0 Å². The van der Waals surface area contributed by atoms with Gasteiger partial charge in [-0.2, -0.15) is 13.2 Å². The van der Waals surface area contributed by atoms with E-state index in [-0.39, 0.29) is 18.0 Å². The number of anilines is 1. The molecule has 0 unspecified atom stereocenters. The zero-order chi connectivity index (χ0) is 21.9. The van der Waals surface area contributed by atoms with E-state index in [1.165, 1.54) is 12.5 Å². The smallest absolute Gasteiger partial charge is 0.481 e. The molecule has 2 aromatic rings. The van der Waals surface area contributed by atoms with E-state index in [1.54, 1.807) is 13.2 Å². The second-order valence-corrected chi connectivity index (χ2v) is 6.50. The number of amides is 1. The molecule has 0 spiro atoms. The topological polar surface area (TPSA) is 122 Å². The van der Waals surface area contributed by atoms with Gasteiger partial charge < -0.3 is 24.2 Å². The number of methoxy groups -OCH3 is 1. The molecule has 2 aliphatic rings. The number of ether oxygens (including phenoxy) is 1.